The number of amides is 1. The molecule has 0 aromatic heterocycles. The van der Waals surface area contributed by atoms with E-state index >= 15 is 0 Å². The van der Waals surface area contributed by atoms with Crippen LogP contribution >= 0.6 is 11.8 Å². The molecule has 0 saturated carbocycles. The van der Waals surface area contributed by atoms with Crippen LogP contribution < -0.4 is 0 Å². The van der Waals surface area contributed by atoms with E-state index in [1.165, 1.54) is 0 Å². The van der Waals surface area contributed by atoms with Gasteiger partial charge in [-0.05, 0) is 30.2 Å². The standard InChI is InChI=1S/C15H19NO2S/c1-2-19-15-13-8-4-3-7-12(13)14(17)16(15)10-11-6-5-9-18-11/h3-4,7-8,11,15H,2,5-6,9-10H2,1H3/t11-,15-/m0/s1. The van der Waals surface area contributed by atoms with E-state index in [4.69, 9.17) is 4.74 Å². The van der Waals surface area contributed by atoms with Gasteiger partial charge in [0.05, 0.1) is 6.10 Å². The Morgan fingerprint density at radius 2 is 2.26 bits per heavy atom. The van der Waals surface area contributed by atoms with Gasteiger partial charge in [0.25, 0.3) is 5.91 Å². The minimum Gasteiger partial charge on any atom is -0.376 e. The number of hydrogen-bond acceptors (Lipinski definition) is 3. The molecule has 1 aromatic rings. The first-order valence-electron chi connectivity index (χ1n) is 6.94. The van der Waals surface area contributed by atoms with Crippen molar-refractivity contribution in [3.63, 3.8) is 0 Å². The zero-order chi connectivity index (χ0) is 13.2. The van der Waals surface area contributed by atoms with Gasteiger partial charge in [0.15, 0.2) is 0 Å². The Labute approximate surface area is 118 Å². The average Bonchev–Trinajstić information content (AvgIpc) is 3.02. The Morgan fingerprint density at radius 1 is 1.42 bits per heavy atom. The molecule has 1 saturated heterocycles. The number of fused-ring (bicyclic) bond motifs is 1. The molecule has 0 bridgehead atoms. The molecule has 2 aliphatic heterocycles. The fourth-order valence-corrected chi connectivity index (χ4v) is 3.92. The van der Waals surface area contributed by atoms with Crippen molar-refractivity contribution >= 4 is 17.7 Å². The van der Waals surface area contributed by atoms with E-state index in [0.29, 0.717) is 0 Å². The van der Waals surface area contributed by atoms with Crippen molar-refractivity contribution in [2.75, 3.05) is 18.9 Å². The summed E-state index contributed by atoms with van der Waals surface area (Å²) in [5.41, 5.74) is 2.03. The molecular formula is C15H19NO2S. The van der Waals surface area contributed by atoms with Crippen LogP contribution in [0.3, 0.4) is 0 Å². The van der Waals surface area contributed by atoms with Gasteiger partial charge in [0.1, 0.15) is 5.37 Å². The predicted octanol–water partition coefficient (Wildman–Crippen LogP) is 3.07. The third kappa shape index (κ3) is 2.39. The summed E-state index contributed by atoms with van der Waals surface area (Å²) in [6.07, 6.45) is 2.41. The van der Waals surface area contributed by atoms with Gasteiger partial charge in [-0.3, -0.25) is 4.79 Å². The van der Waals surface area contributed by atoms with Gasteiger partial charge in [-0.1, -0.05) is 25.1 Å². The van der Waals surface area contributed by atoms with Crippen molar-refractivity contribution in [3.8, 4) is 0 Å². The number of carbonyl (C=O) groups excluding carboxylic acids is 1. The smallest absolute Gasteiger partial charge is 0.255 e. The lowest BCUT2D eigenvalue weighted by atomic mass is 10.1. The zero-order valence-electron chi connectivity index (χ0n) is 11.2. The summed E-state index contributed by atoms with van der Waals surface area (Å²) in [7, 11) is 0. The second-order valence-corrected chi connectivity index (χ2v) is 6.34. The van der Waals surface area contributed by atoms with E-state index < -0.39 is 0 Å². The lowest BCUT2D eigenvalue weighted by Gasteiger charge is -2.27. The van der Waals surface area contributed by atoms with Crippen LogP contribution in [0.25, 0.3) is 0 Å². The molecule has 3 nitrogen and oxygen atoms in total. The van der Waals surface area contributed by atoms with E-state index in [9.17, 15) is 4.79 Å². The quantitative estimate of drug-likeness (QED) is 0.847. The van der Waals surface area contributed by atoms with Crippen LogP contribution in [0.15, 0.2) is 24.3 Å². The maximum atomic E-state index is 12.5. The minimum absolute atomic E-state index is 0.164. The summed E-state index contributed by atoms with van der Waals surface area (Å²) in [5.74, 6) is 1.17. The maximum Gasteiger partial charge on any atom is 0.255 e. The topological polar surface area (TPSA) is 29.5 Å². The first-order chi connectivity index (χ1) is 9.31. The van der Waals surface area contributed by atoms with Gasteiger partial charge in [-0.15, -0.1) is 11.8 Å². The molecule has 0 unspecified atom stereocenters. The molecule has 1 amide bonds. The highest BCUT2D eigenvalue weighted by atomic mass is 32.2. The molecule has 19 heavy (non-hydrogen) atoms. The molecule has 2 aliphatic rings. The number of ether oxygens (including phenoxy) is 1. The minimum atomic E-state index is 0.164. The van der Waals surface area contributed by atoms with Gasteiger partial charge in [-0.2, -0.15) is 0 Å². The van der Waals surface area contributed by atoms with Gasteiger partial charge < -0.3 is 9.64 Å². The number of carbonyl (C=O) groups is 1. The number of rotatable bonds is 4. The number of thioether (sulfide) groups is 1. The average molecular weight is 277 g/mol. The summed E-state index contributed by atoms with van der Waals surface area (Å²) >= 11 is 1.83. The Morgan fingerprint density at radius 3 is 3.00 bits per heavy atom. The summed E-state index contributed by atoms with van der Waals surface area (Å²) in [6, 6.07) is 7.98. The number of nitrogens with zero attached hydrogens (tertiary/aromatic N) is 1. The summed E-state index contributed by atoms with van der Waals surface area (Å²) in [6.45, 7) is 3.71. The Hall–Kier alpha value is -1.00. The van der Waals surface area contributed by atoms with Crippen LogP contribution in [0.2, 0.25) is 0 Å². The van der Waals surface area contributed by atoms with Gasteiger partial charge in [-0.25, -0.2) is 0 Å². The van der Waals surface area contributed by atoms with E-state index in [1.54, 1.807) is 0 Å². The lowest BCUT2D eigenvalue weighted by molar-refractivity contribution is 0.0537. The fourth-order valence-electron chi connectivity index (χ4n) is 2.86. The number of benzene rings is 1. The fraction of sp³-hybridized carbons (Fsp3) is 0.533. The maximum absolute atomic E-state index is 12.5. The number of hydrogen-bond donors (Lipinski definition) is 0. The Kier molecular flexibility index (Phi) is 3.80. The molecule has 2 atom stereocenters. The van der Waals surface area contributed by atoms with Gasteiger partial charge in [0, 0.05) is 18.7 Å². The molecule has 2 heterocycles. The Bertz CT molecular complexity index is 471. The molecular weight excluding hydrogens is 258 g/mol. The first kappa shape index (κ1) is 13.0. The van der Waals surface area contributed by atoms with Crippen LogP contribution in [0.4, 0.5) is 0 Å². The molecule has 0 aliphatic carbocycles. The van der Waals surface area contributed by atoms with Crippen molar-refractivity contribution < 1.29 is 9.53 Å². The monoisotopic (exact) mass is 277 g/mol. The molecule has 0 N–H and O–H groups in total. The molecule has 0 radical (unpaired) electrons. The van der Waals surface area contributed by atoms with Gasteiger partial charge in [0.2, 0.25) is 0 Å². The van der Waals surface area contributed by atoms with Crippen LogP contribution in [-0.4, -0.2) is 35.8 Å². The third-order valence-corrected chi connectivity index (χ3v) is 4.91. The van der Waals surface area contributed by atoms with E-state index in [2.05, 4.69) is 13.0 Å². The van der Waals surface area contributed by atoms with Crippen molar-refractivity contribution in [1.29, 1.82) is 0 Å². The highest BCUT2D eigenvalue weighted by Crippen LogP contribution is 2.41. The molecule has 1 fully saturated rings. The SMILES string of the molecule is CCS[C@H]1c2ccccc2C(=O)N1C[C@@H]1CCCO1. The van der Waals surface area contributed by atoms with Crippen molar-refractivity contribution in [1.82, 2.24) is 4.90 Å². The highest BCUT2D eigenvalue weighted by molar-refractivity contribution is 7.99. The zero-order valence-corrected chi connectivity index (χ0v) is 12.0. The normalized spacial score (nSPS) is 25.9. The van der Waals surface area contributed by atoms with Crippen molar-refractivity contribution in [2.45, 2.75) is 31.2 Å². The first-order valence-corrected chi connectivity index (χ1v) is 7.99. The molecule has 1 aromatic carbocycles. The van der Waals surface area contributed by atoms with Crippen LogP contribution in [0.1, 0.15) is 41.1 Å². The van der Waals surface area contributed by atoms with Crippen molar-refractivity contribution in [2.24, 2.45) is 0 Å². The molecule has 3 rings (SSSR count). The van der Waals surface area contributed by atoms with Crippen LogP contribution in [0.5, 0.6) is 0 Å². The van der Waals surface area contributed by atoms with E-state index in [0.717, 1.165) is 42.9 Å². The second-order valence-electron chi connectivity index (χ2n) is 4.99. The van der Waals surface area contributed by atoms with E-state index in [1.807, 2.05) is 34.9 Å². The summed E-state index contributed by atoms with van der Waals surface area (Å²) in [5, 5.41) is 0.165. The van der Waals surface area contributed by atoms with Crippen molar-refractivity contribution in [3.05, 3.63) is 35.4 Å². The van der Waals surface area contributed by atoms with Crippen LogP contribution in [0, 0.1) is 0 Å². The Balaban J connectivity index is 1.84. The predicted molar refractivity (Wildman–Crippen MR) is 77.3 cm³/mol. The third-order valence-electron chi connectivity index (χ3n) is 3.75. The summed E-state index contributed by atoms with van der Waals surface area (Å²) < 4.78 is 5.69. The summed E-state index contributed by atoms with van der Waals surface area (Å²) in [4.78, 5) is 14.5. The highest BCUT2D eigenvalue weighted by Gasteiger charge is 2.38. The van der Waals surface area contributed by atoms with E-state index in [-0.39, 0.29) is 17.4 Å². The molecule has 0 spiro atoms. The lowest BCUT2D eigenvalue weighted by Crippen LogP contribution is -2.34. The van der Waals surface area contributed by atoms with Crippen LogP contribution in [-0.2, 0) is 4.74 Å². The van der Waals surface area contributed by atoms with Gasteiger partial charge >= 0.3 is 0 Å². The molecule has 4 heteroatoms. The second kappa shape index (κ2) is 5.55. The molecule has 102 valence electrons. The largest absolute Gasteiger partial charge is 0.376 e.